The van der Waals surface area contributed by atoms with E-state index in [0.29, 0.717) is 13.2 Å². The van der Waals surface area contributed by atoms with Crippen LogP contribution >= 0.6 is 0 Å². The summed E-state index contributed by atoms with van der Waals surface area (Å²) in [6.45, 7) is 8.13. The Labute approximate surface area is 109 Å². The lowest BCUT2D eigenvalue weighted by molar-refractivity contribution is -0.156. The van der Waals surface area contributed by atoms with Gasteiger partial charge in [-0.25, -0.2) is 0 Å². The Bertz CT molecular complexity index is 254. The number of esters is 1. The minimum atomic E-state index is -0.417. The summed E-state index contributed by atoms with van der Waals surface area (Å²) in [6.07, 6.45) is 2.03. The number of piperidine rings is 1. The van der Waals surface area contributed by atoms with Crippen molar-refractivity contribution in [1.82, 2.24) is 4.90 Å². The average molecular weight is 259 g/mol. The first-order valence-corrected chi connectivity index (χ1v) is 6.57. The molecule has 0 atom stereocenters. The second kappa shape index (κ2) is 7.07. The van der Waals surface area contributed by atoms with Crippen molar-refractivity contribution < 1.29 is 19.4 Å². The van der Waals surface area contributed by atoms with Crippen LogP contribution in [-0.4, -0.2) is 60.5 Å². The van der Waals surface area contributed by atoms with E-state index in [1.165, 1.54) is 0 Å². The summed E-state index contributed by atoms with van der Waals surface area (Å²) < 4.78 is 10.8. The van der Waals surface area contributed by atoms with Crippen molar-refractivity contribution in [2.45, 2.75) is 45.3 Å². The Hall–Kier alpha value is -0.650. The van der Waals surface area contributed by atoms with Gasteiger partial charge < -0.3 is 14.6 Å². The first-order valence-electron chi connectivity index (χ1n) is 6.57. The molecule has 18 heavy (non-hydrogen) atoms. The summed E-state index contributed by atoms with van der Waals surface area (Å²) in [6, 6.07) is 0. The normalized spacial score (nSPS) is 18.9. The zero-order valence-electron chi connectivity index (χ0n) is 11.6. The van der Waals surface area contributed by atoms with Gasteiger partial charge in [0.15, 0.2) is 0 Å². The fourth-order valence-electron chi connectivity index (χ4n) is 2.01. The summed E-state index contributed by atoms with van der Waals surface area (Å²) in [5.41, 5.74) is -0.417. The van der Waals surface area contributed by atoms with Crippen LogP contribution in [0.1, 0.15) is 33.6 Å². The summed E-state index contributed by atoms with van der Waals surface area (Å²) >= 11 is 0. The molecule has 1 fully saturated rings. The molecule has 0 aromatic rings. The molecule has 5 heteroatoms. The van der Waals surface area contributed by atoms with E-state index >= 15 is 0 Å². The van der Waals surface area contributed by atoms with Crippen molar-refractivity contribution in [2.24, 2.45) is 0 Å². The van der Waals surface area contributed by atoms with Gasteiger partial charge in [0.1, 0.15) is 5.60 Å². The second-order valence-corrected chi connectivity index (χ2v) is 5.66. The number of hydrogen-bond donors (Lipinski definition) is 1. The van der Waals surface area contributed by atoms with Crippen LogP contribution in [0.3, 0.4) is 0 Å². The third-order valence-corrected chi connectivity index (χ3v) is 2.75. The molecular weight excluding hydrogens is 234 g/mol. The van der Waals surface area contributed by atoms with Crippen LogP contribution in [0.2, 0.25) is 0 Å². The zero-order chi connectivity index (χ0) is 13.6. The smallest absolute Gasteiger partial charge is 0.320 e. The van der Waals surface area contributed by atoms with Crippen LogP contribution in [0, 0.1) is 0 Å². The maximum Gasteiger partial charge on any atom is 0.320 e. The van der Waals surface area contributed by atoms with Crippen molar-refractivity contribution in [3.8, 4) is 0 Å². The van der Waals surface area contributed by atoms with Crippen LogP contribution in [0.15, 0.2) is 0 Å². The number of carbonyl (C=O) groups is 1. The highest BCUT2D eigenvalue weighted by molar-refractivity contribution is 5.72. The number of rotatable bonds is 5. The summed E-state index contributed by atoms with van der Waals surface area (Å²) in [5.74, 6) is -0.169. The van der Waals surface area contributed by atoms with Crippen molar-refractivity contribution in [3.05, 3.63) is 0 Å². The highest BCUT2D eigenvalue weighted by Gasteiger charge is 2.23. The van der Waals surface area contributed by atoms with Gasteiger partial charge in [-0.15, -0.1) is 0 Å². The molecule has 5 nitrogen and oxygen atoms in total. The van der Waals surface area contributed by atoms with E-state index in [0.717, 1.165) is 25.9 Å². The monoisotopic (exact) mass is 259 g/mol. The SMILES string of the molecule is CC(C)(C)OC(=O)CN1CCC(OCCO)CC1. The van der Waals surface area contributed by atoms with Gasteiger partial charge in [-0.3, -0.25) is 9.69 Å². The van der Waals surface area contributed by atoms with E-state index in [9.17, 15) is 4.79 Å². The average Bonchev–Trinajstić information content (AvgIpc) is 2.25. The molecule has 0 aromatic heterocycles. The molecule has 0 aromatic carbocycles. The van der Waals surface area contributed by atoms with E-state index in [4.69, 9.17) is 14.6 Å². The van der Waals surface area contributed by atoms with Gasteiger partial charge in [0, 0.05) is 13.1 Å². The van der Waals surface area contributed by atoms with E-state index in [-0.39, 0.29) is 18.7 Å². The molecule has 1 saturated heterocycles. The third-order valence-electron chi connectivity index (χ3n) is 2.75. The maximum absolute atomic E-state index is 11.7. The number of hydrogen-bond acceptors (Lipinski definition) is 5. The molecule has 0 saturated carbocycles. The predicted octanol–water partition coefficient (Wildman–Crippen LogP) is 0.801. The number of nitrogens with zero attached hydrogens (tertiary/aromatic N) is 1. The molecule has 1 rings (SSSR count). The van der Waals surface area contributed by atoms with Crippen LogP contribution < -0.4 is 0 Å². The van der Waals surface area contributed by atoms with Crippen LogP contribution in [-0.2, 0) is 14.3 Å². The molecule has 1 aliphatic heterocycles. The van der Waals surface area contributed by atoms with Gasteiger partial charge in [-0.05, 0) is 33.6 Å². The lowest BCUT2D eigenvalue weighted by Crippen LogP contribution is -2.41. The molecule has 1 aliphatic rings. The fourth-order valence-corrected chi connectivity index (χ4v) is 2.01. The van der Waals surface area contributed by atoms with Gasteiger partial charge in [0.25, 0.3) is 0 Å². The number of ether oxygens (including phenoxy) is 2. The number of aliphatic hydroxyl groups excluding tert-OH is 1. The minimum Gasteiger partial charge on any atom is -0.459 e. The molecule has 0 unspecified atom stereocenters. The van der Waals surface area contributed by atoms with Crippen molar-refractivity contribution in [1.29, 1.82) is 0 Å². The minimum absolute atomic E-state index is 0.0676. The molecule has 1 heterocycles. The van der Waals surface area contributed by atoms with E-state index in [2.05, 4.69) is 4.90 Å². The summed E-state index contributed by atoms with van der Waals surface area (Å²) in [7, 11) is 0. The zero-order valence-corrected chi connectivity index (χ0v) is 11.6. The number of carbonyl (C=O) groups excluding carboxylic acids is 1. The third kappa shape index (κ3) is 6.33. The van der Waals surface area contributed by atoms with E-state index < -0.39 is 5.60 Å². The molecule has 0 aliphatic carbocycles. The molecule has 0 bridgehead atoms. The van der Waals surface area contributed by atoms with Crippen molar-refractivity contribution in [3.63, 3.8) is 0 Å². The highest BCUT2D eigenvalue weighted by atomic mass is 16.6. The van der Waals surface area contributed by atoms with Gasteiger partial charge in [0.05, 0.1) is 25.9 Å². The number of likely N-dealkylation sites (tertiary alicyclic amines) is 1. The first kappa shape index (κ1) is 15.4. The Morgan fingerprint density at radius 3 is 2.44 bits per heavy atom. The Balaban J connectivity index is 2.21. The Morgan fingerprint density at radius 1 is 1.33 bits per heavy atom. The Morgan fingerprint density at radius 2 is 1.94 bits per heavy atom. The Kier molecular flexibility index (Phi) is 6.05. The fraction of sp³-hybridized carbons (Fsp3) is 0.923. The number of aliphatic hydroxyl groups is 1. The lowest BCUT2D eigenvalue weighted by atomic mass is 10.1. The largest absolute Gasteiger partial charge is 0.459 e. The van der Waals surface area contributed by atoms with Crippen molar-refractivity contribution in [2.75, 3.05) is 32.8 Å². The van der Waals surface area contributed by atoms with Gasteiger partial charge in [-0.1, -0.05) is 0 Å². The second-order valence-electron chi connectivity index (χ2n) is 5.66. The standard InChI is InChI=1S/C13H25NO4/c1-13(2,3)18-12(16)10-14-6-4-11(5-7-14)17-9-8-15/h11,15H,4-10H2,1-3H3. The first-order chi connectivity index (χ1) is 8.40. The van der Waals surface area contributed by atoms with Crippen molar-refractivity contribution >= 4 is 5.97 Å². The molecule has 0 radical (unpaired) electrons. The van der Waals surface area contributed by atoms with E-state index in [1.807, 2.05) is 20.8 Å². The summed E-state index contributed by atoms with van der Waals surface area (Å²) in [4.78, 5) is 13.7. The van der Waals surface area contributed by atoms with Gasteiger partial charge in [-0.2, -0.15) is 0 Å². The maximum atomic E-state index is 11.7. The van der Waals surface area contributed by atoms with E-state index in [1.54, 1.807) is 0 Å². The molecule has 0 spiro atoms. The molecule has 106 valence electrons. The summed E-state index contributed by atoms with van der Waals surface area (Å²) in [5, 5.41) is 8.68. The van der Waals surface area contributed by atoms with Crippen LogP contribution in [0.25, 0.3) is 0 Å². The highest BCUT2D eigenvalue weighted by Crippen LogP contribution is 2.14. The lowest BCUT2D eigenvalue weighted by Gasteiger charge is -2.31. The van der Waals surface area contributed by atoms with Crippen LogP contribution in [0.5, 0.6) is 0 Å². The quantitative estimate of drug-likeness (QED) is 0.740. The topological polar surface area (TPSA) is 59.0 Å². The molecular formula is C13H25NO4. The molecule has 1 N–H and O–H groups in total. The molecule has 0 amide bonds. The van der Waals surface area contributed by atoms with Crippen LogP contribution in [0.4, 0.5) is 0 Å². The van der Waals surface area contributed by atoms with Gasteiger partial charge >= 0.3 is 5.97 Å². The van der Waals surface area contributed by atoms with Gasteiger partial charge in [0.2, 0.25) is 0 Å². The predicted molar refractivity (Wildman–Crippen MR) is 68.3 cm³/mol.